The number of thioether (sulfide) groups is 1. The largest absolute Gasteiger partial charge is 0.461 e. The number of furan rings is 1. The molecule has 0 spiro atoms. The number of nitro groups is 1. The zero-order valence-corrected chi connectivity index (χ0v) is 15.9. The van der Waals surface area contributed by atoms with E-state index >= 15 is 0 Å². The van der Waals surface area contributed by atoms with Crippen LogP contribution in [0.3, 0.4) is 0 Å². The van der Waals surface area contributed by atoms with Crippen LogP contribution in [0.25, 0.3) is 11.6 Å². The number of carbonyl (C=O) groups is 1. The summed E-state index contributed by atoms with van der Waals surface area (Å²) in [4.78, 5) is 22.8. The van der Waals surface area contributed by atoms with Crippen LogP contribution in [-0.2, 0) is 11.3 Å². The maximum atomic E-state index is 12.3. The molecule has 144 valence electrons. The SMILES string of the molecule is C=CCn1c(SCC(=O)Nc2ccc(Cl)cc2[N+](=O)[O-])nnc1-c1ccco1. The summed E-state index contributed by atoms with van der Waals surface area (Å²) in [6.07, 6.45) is 3.21. The lowest BCUT2D eigenvalue weighted by molar-refractivity contribution is -0.383. The van der Waals surface area contributed by atoms with Crippen LogP contribution in [0, 0.1) is 10.1 Å². The molecule has 2 heterocycles. The van der Waals surface area contributed by atoms with Gasteiger partial charge in [0.05, 0.1) is 16.9 Å². The molecule has 0 atom stereocenters. The highest BCUT2D eigenvalue weighted by molar-refractivity contribution is 7.99. The van der Waals surface area contributed by atoms with Crippen LogP contribution in [0.2, 0.25) is 5.02 Å². The average molecular weight is 420 g/mol. The number of halogens is 1. The molecule has 0 saturated heterocycles. The molecule has 3 aromatic rings. The van der Waals surface area contributed by atoms with Gasteiger partial charge in [0.15, 0.2) is 10.9 Å². The number of aromatic nitrogens is 3. The zero-order chi connectivity index (χ0) is 20.1. The fourth-order valence-corrected chi connectivity index (χ4v) is 3.27. The van der Waals surface area contributed by atoms with Crippen LogP contribution in [0.4, 0.5) is 11.4 Å². The number of anilines is 1. The number of nitrogens with zero attached hydrogens (tertiary/aromatic N) is 4. The fourth-order valence-electron chi connectivity index (χ4n) is 2.36. The third-order valence-corrected chi connectivity index (χ3v) is 4.73. The molecule has 11 heteroatoms. The van der Waals surface area contributed by atoms with E-state index in [-0.39, 0.29) is 22.2 Å². The highest BCUT2D eigenvalue weighted by atomic mass is 35.5. The van der Waals surface area contributed by atoms with Crippen molar-refractivity contribution >= 4 is 40.6 Å². The molecular weight excluding hydrogens is 406 g/mol. The summed E-state index contributed by atoms with van der Waals surface area (Å²) in [5.41, 5.74) is -0.204. The Hall–Kier alpha value is -3.11. The summed E-state index contributed by atoms with van der Waals surface area (Å²) in [5.74, 6) is 0.611. The normalized spacial score (nSPS) is 10.6. The van der Waals surface area contributed by atoms with Crippen molar-refractivity contribution in [1.29, 1.82) is 0 Å². The first-order valence-electron chi connectivity index (χ1n) is 7.94. The molecule has 0 saturated carbocycles. The van der Waals surface area contributed by atoms with E-state index in [1.807, 2.05) is 0 Å². The van der Waals surface area contributed by atoms with Gasteiger partial charge >= 0.3 is 0 Å². The summed E-state index contributed by atoms with van der Waals surface area (Å²) in [7, 11) is 0. The van der Waals surface area contributed by atoms with Gasteiger partial charge in [0.1, 0.15) is 5.69 Å². The molecule has 1 aromatic carbocycles. The van der Waals surface area contributed by atoms with Gasteiger partial charge < -0.3 is 9.73 Å². The number of carbonyl (C=O) groups excluding carboxylic acids is 1. The van der Waals surface area contributed by atoms with Crippen LogP contribution in [0.15, 0.2) is 58.8 Å². The molecule has 0 aliphatic heterocycles. The fraction of sp³-hybridized carbons (Fsp3) is 0.118. The van der Waals surface area contributed by atoms with Crippen molar-refractivity contribution in [3.8, 4) is 11.6 Å². The second-order valence-electron chi connectivity index (χ2n) is 5.44. The molecule has 9 nitrogen and oxygen atoms in total. The summed E-state index contributed by atoms with van der Waals surface area (Å²) in [6, 6.07) is 7.53. The van der Waals surface area contributed by atoms with Gasteiger partial charge in [-0.25, -0.2) is 0 Å². The Morgan fingerprint density at radius 1 is 1.43 bits per heavy atom. The van der Waals surface area contributed by atoms with Gasteiger partial charge in [-0.1, -0.05) is 29.4 Å². The molecule has 0 aliphatic rings. The molecule has 0 unspecified atom stereocenters. The highest BCUT2D eigenvalue weighted by Crippen LogP contribution is 2.28. The number of allylic oxidation sites excluding steroid dienone is 1. The first kappa shape index (κ1) is 19.6. The molecule has 1 amide bonds. The van der Waals surface area contributed by atoms with E-state index in [2.05, 4.69) is 22.1 Å². The van der Waals surface area contributed by atoms with E-state index in [1.165, 1.54) is 24.5 Å². The lowest BCUT2D eigenvalue weighted by Gasteiger charge is -2.07. The second-order valence-corrected chi connectivity index (χ2v) is 6.82. The minimum absolute atomic E-state index is 0.0206. The molecule has 0 aliphatic carbocycles. The predicted octanol–water partition coefficient (Wildman–Crippen LogP) is 4.02. The van der Waals surface area contributed by atoms with Crippen molar-refractivity contribution in [2.24, 2.45) is 0 Å². The first-order chi connectivity index (χ1) is 13.5. The number of rotatable bonds is 8. The Labute approximate surface area is 168 Å². The molecule has 0 fully saturated rings. The summed E-state index contributed by atoms with van der Waals surface area (Å²) < 4.78 is 7.11. The van der Waals surface area contributed by atoms with E-state index in [0.29, 0.717) is 23.3 Å². The number of nitro benzene ring substituents is 1. The minimum Gasteiger partial charge on any atom is -0.461 e. The van der Waals surface area contributed by atoms with Crippen molar-refractivity contribution in [2.75, 3.05) is 11.1 Å². The molecule has 0 bridgehead atoms. The first-order valence-corrected chi connectivity index (χ1v) is 9.30. The lowest BCUT2D eigenvalue weighted by atomic mass is 10.2. The standard InChI is InChI=1S/C17H14ClN5O4S/c1-2-7-22-16(14-4-3-8-27-14)20-21-17(22)28-10-15(24)19-12-6-5-11(18)9-13(12)23(25)26/h2-6,8-9H,1,7,10H2,(H,19,24). The third kappa shape index (κ3) is 4.41. The number of benzene rings is 1. The Morgan fingerprint density at radius 2 is 2.25 bits per heavy atom. The summed E-state index contributed by atoms with van der Waals surface area (Å²) in [6.45, 7) is 4.14. The van der Waals surface area contributed by atoms with Gasteiger partial charge in [-0.3, -0.25) is 19.5 Å². The lowest BCUT2D eigenvalue weighted by Crippen LogP contribution is -2.15. The van der Waals surface area contributed by atoms with Crippen molar-refractivity contribution in [3.63, 3.8) is 0 Å². The average Bonchev–Trinajstić information content (AvgIpc) is 3.31. The quantitative estimate of drug-likeness (QED) is 0.253. The van der Waals surface area contributed by atoms with Crippen molar-refractivity contribution in [2.45, 2.75) is 11.7 Å². The topological polar surface area (TPSA) is 116 Å². The van der Waals surface area contributed by atoms with E-state index in [4.69, 9.17) is 16.0 Å². The van der Waals surface area contributed by atoms with Crippen LogP contribution in [0.1, 0.15) is 0 Å². The van der Waals surface area contributed by atoms with Gasteiger partial charge in [-0.05, 0) is 24.3 Å². The monoisotopic (exact) mass is 419 g/mol. The summed E-state index contributed by atoms with van der Waals surface area (Å²) >= 11 is 6.92. The third-order valence-electron chi connectivity index (χ3n) is 3.53. The molecule has 2 aromatic heterocycles. The summed E-state index contributed by atoms with van der Waals surface area (Å²) in [5, 5.41) is 22.5. The zero-order valence-electron chi connectivity index (χ0n) is 14.4. The van der Waals surface area contributed by atoms with Crippen LogP contribution in [-0.4, -0.2) is 31.3 Å². The maximum absolute atomic E-state index is 12.3. The Balaban J connectivity index is 1.72. The van der Waals surface area contributed by atoms with Crippen LogP contribution >= 0.6 is 23.4 Å². The minimum atomic E-state index is -0.606. The highest BCUT2D eigenvalue weighted by Gasteiger charge is 2.19. The van der Waals surface area contributed by atoms with E-state index in [0.717, 1.165) is 11.8 Å². The van der Waals surface area contributed by atoms with Gasteiger partial charge in [-0.15, -0.1) is 16.8 Å². The Morgan fingerprint density at radius 3 is 2.93 bits per heavy atom. The van der Waals surface area contributed by atoms with Crippen LogP contribution < -0.4 is 5.32 Å². The van der Waals surface area contributed by atoms with Gasteiger partial charge in [0, 0.05) is 17.6 Å². The van der Waals surface area contributed by atoms with Gasteiger partial charge in [-0.2, -0.15) is 0 Å². The van der Waals surface area contributed by atoms with Gasteiger partial charge in [0.2, 0.25) is 11.7 Å². The number of nitrogens with one attached hydrogen (secondary N) is 1. The van der Waals surface area contributed by atoms with E-state index in [1.54, 1.807) is 22.8 Å². The second kappa shape index (κ2) is 8.72. The molecule has 3 rings (SSSR count). The van der Waals surface area contributed by atoms with Gasteiger partial charge in [0.25, 0.3) is 5.69 Å². The molecule has 28 heavy (non-hydrogen) atoms. The van der Waals surface area contributed by atoms with E-state index in [9.17, 15) is 14.9 Å². The molecule has 1 N–H and O–H groups in total. The number of hydrogen-bond acceptors (Lipinski definition) is 7. The Bertz CT molecular complexity index is 1020. The van der Waals surface area contributed by atoms with Crippen LogP contribution in [0.5, 0.6) is 0 Å². The van der Waals surface area contributed by atoms with Crippen molar-refractivity contribution in [3.05, 3.63) is 64.4 Å². The van der Waals surface area contributed by atoms with Crippen molar-refractivity contribution in [1.82, 2.24) is 14.8 Å². The van der Waals surface area contributed by atoms with Crippen molar-refractivity contribution < 1.29 is 14.1 Å². The number of hydrogen-bond donors (Lipinski definition) is 1. The number of amides is 1. The smallest absolute Gasteiger partial charge is 0.294 e. The molecule has 0 radical (unpaired) electrons. The maximum Gasteiger partial charge on any atom is 0.294 e. The predicted molar refractivity (Wildman–Crippen MR) is 105 cm³/mol. The molecular formula is C17H14ClN5O4S. The Kier molecular flexibility index (Phi) is 6.12. The van der Waals surface area contributed by atoms with E-state index < -0.39 is 10.8 Å².